The second kappa shape index (κ2) is 10.7. The highest BCUT2D eigenvalue weighted by atomic mass is 35.5. The van der Waals surface area contributed by atoms with E-state index in [-0.39, 0.29) is 11.4 Å². The monoisotopic (exact) mass is 378 g/mol. The van der Waals surface area contributed by atoms with Gasteiger partial charge in [0.2, 0.25) is 10.0 Å². The molecule has 0 heterocycles. The van der Waals surface area contributed by atoms with Crippen LogP contribution in [-0.4, -0.2) is 52.6 Å². The zero-order valence-corrected chi connectivity index (χ0v) is 15.7. The van der Waals surface area contributed by atoms with Gasteiger partial charge in [0.15, 0.2) is 5.96 Å². The Bertz CT molecular complexity index is 609. The minimum absolute atomic E-state index is 0.152. The number of hydrogen-bond donors (Lipinski definition) is 3. The molecule has 0 amide bonds. The number of nitrogens with one attached hydrogen (secondary N) is 3. The van der Waals surface area contributed by atoms with Crippen molar-refractivity contribution in [1.82, 2.24) is 15.4 Å². The molecule has 0 aliphatic rings. The van der Waals surface area contributed by atoms with E-state index in [1.54, 1.807) is 23.9 Å². The van der Waals surface area contributed by atoms with Gasteiger partial charge < -0.3 is 10.6 Å². The van der Waals surface area contributed by atoms with Gasteiger partial charge in [-0.2, -0.15) is 11.8 Å². The average molecular weight is 379 g/mol. The van der Waals surface area contributed by atoms with Crippen LogP contribution in [0.3, 0.4) is 0 Å². The normalized spacial score (nSPS) is 12.2. The molecule has 1 aromatic carbocycles. The summed E-state index contributed by atoms with van der Waals surface area (Å²) in [4.78, 5) is 4.48. The number of rotatable bonds is 9. The Morgan fingerprint density at radius 1 is 1.30 bits per heavy atom. The first-order valence-electron chi connectivity index (χ1n) is 7.26. The fraction of sp³-hybridized carbons (Fsp3) is 0.500. The highest BCUT2D eigenvalue weighted by Crippen LogP contribution is 2.14. The molecule has 0 saturated carbocycles. The van der Waals surface area contributed by atoms with Crippen LogP contribution in [-0.2, 0) is 10.0 Å². The summed E-state index contributed by atoms with van der Waals surface area (Å²) >= 11 is 7.56. The summed E-state index contributed by atoms with van der Waals surface area (Å²) < 4.78 is 26.7. The van der Waals surface area contributed by atoms with Crippen LogP contribution in [0, 0.1) is 0 Å². The summed E-state index contributed by atoms with van der Waals surface area (Å²) in [7, 11) is -3.56. The number of guanidine groups is 1. The summed E-state index contributed by atoms with van der Waals surface area (Å²) in [5.41, 5.74) is 0. The highest BCUT2D eigenvalue weighted by Gasteiger charge is 2.13. The van der Waals surface area contributed by atoms with Crippen molar-refractivity contribution < 1.29 is 8.42 Å². The molecule has 6 nitrogen and oxygen atoms in total. The first kappa shape index (κ1) is 20.1. The van der Waals surface area contributed by atoms with Crippen molar-refractivity contribution in [2.45, 2.75) is 11.8 Å². The molecule has 0 aliphatic heterocycles. The Morgan fingerprint density at radius 2 is 2.09 bits per heavy atom. The number of aliphatic imine (C=N–C) groups is 1. The molecule has 0 fully saturated rings. The largest absolute Gasteiger partial charge is 0.357 e. The number of hydrogen-bond acceptors (Lipinski definition) is 4. The smallest absolute Gasteiger partial charge is 0.240 e. The fourth-order valence-electron chi connectivity index (χ4n) is 1.68. The van der Waals surface area contributed by atoms with Crippen molar-refractivity contribution in [2.75, 3.05) is 38.2 Å². The number of sulfonamides is 1. The molecule has 0 aliphatic carbocycles. The van der Waals surface area contributed by atoms with Crippen LogP contribution < -0.4 is 15.4 Å². The summed E-state index contributed by atoms with van der Waals surface area (Å²) in [6.45, 7) is 4.09. The van der Waals surface area contributed by atoms with Gasteiger partial charge >= 0.3 is 0 Å². The van der Waals surface area contributed by atoms with Crippen molar-refractivity contribution in [1.29, 1.82) is 0 Å². The maximum atomic E-state index is 12.1. The van der Waals surface area contributed by atoms with Gasteiger partial charge in [0.25, 0.3) is 0 Å². The summed E-state index contributed by atoms with van der Waals surface area (Å²) in [5.74, 6) is 1.66. The van der Waals surface area contributed by atoms with E-state index in [4.69, 9.17) is 11.6 Å². The second-order valence-corrected chi connectivity index (χ2v) is 7.72. The van der Waals surface area contributed by atoms with E-state index in [2.05, 4.69) is 20.3 Å². The van der Waals surface area contributed by atoms with E-state index in [1.807, 2.05) is 13.2 Å². The topological polar surface area (TPSA) is 82.6 Å². The third-order valence-electron chi connectivity index (χ3n) is 2.72. The van der Waals surface area contributed by atoms with Gasteiger partial charge in [0, 0.05) is 30.4 Å². The quantitative estimate of drug-likeness (QED) is 0.345. The summed E-state index contributed by atoms with van der Waals surface area (Å²) in [6.07, 6.45) is 2.04. The van der Waals surface area contributed by atoms with Crippen molar-refractivity contribution in [2.24, 2.45) is 4.99 Å². The Kier molecular flexibility index (Phi) is 9.39. The molecule has 0 spiro atoms. The Hall–Kier alpha value is -0.960. The summed E-state index contributed by atoms with van der Waals surface area (Å²) in [5, 5.41) is 6.68. The van der Waals surface area contributed by atoms with Crippen LogP contribution in [0.2, 0.25) is 5.02 Å². The highest BCUT2D eigenvalue weighted by molar-refractivity contribution is 7.98. The predicted molar refractivity (Wildman–Crippen MR) is 99.0 cm³/mol. The lowest BCUT2D eigenvalue weighted by molar-refractivity contribution is 0.582. The van der Waals surface area contributed by atoms with E-state index < -0.39 is 10.0 Å². The molecular weight excluding hydrogens is 356 g/mol. The van der Waals surface area contributed by atoms with Gasteiger partial charge in [-0.25, -0.2) is 13.1 Å². The van der Waals surface area contributed by atoms with Crippen LogP contribution in [0.1, 0.15) is 6.92 Å². The van der Waals surface area contributed by atoms with E-state index >= 15 is 0 Å². The van der Waals surface area contributed by atoms with Crippen molar-refractivity contribution >= 4 is 39.3 Å². The SMILES string of the molecule is CCNC(=NCCNS(=O)(=O)c1cccc(Cl)c1)NCCSC. The first-order valence-corrected chi connectivity index (χ1v) is 10.5. The molecular formula is C14H23ClN4O2S2. The number of benzene rings is 1. The van der Waals surface area contributed by atoms with E-state index in [0.29, 0.717) is 17.5 Å². The van der Waals surface area contributed by atoms with Crippen LogP contribution in [0.15, 0.2) is 34.2 Å². The molecule has 0 atom stereocenters. The van der Waals surface area contributed by atoms with Crippen molar-refractivity contribution in [3.05, 3.63) is 29.3 Å². The lowest BCUT2D eigenvalue weighted by Crippen LogP contribution is -2.39. The molecule has 0 radical (unpaired) electrons. The van der Waals surface area contributed by atoms with Gasteiger partial charge in [0.1, 0.15) is 0 Å². The molecule has 1 rings (SSSR count). The maximum absolute atomic E-state index is 12.1. The van der Waals surface area contributed by atoms with E-state index in [0.717, 1.165) is 18.8 Å². The van der Waals surface area contributed by atoms with E-state index in [1.165, 1.54) is 12.1 Å². The van der Waals surface area contributed by atoms with Crippen LogP contribution >= 0.6 is 23.4 Å². The maximum Gasteiger partial charge on any atom is 0.240 e. The van der Waals surface area contributed by atoms with Crippen LogP contribution in [0.4, 0.5) is 0 Å². The molecule has 0 saturated heterocycles. The molecule has 0 unspecified atom stereocenters. The Balaban J connectivity index is 2.51. The third-order valence-corrected chi connectivity index (χ3v) is 5.03. The van der Waals surface area contributed by atoms with Crippen LogP contribution in [0.25, 0.3) is 0 Å². The predicted octanol–water partition coefficient (Wildman–Crippen LogP) is 1.54. The number of thioether (sulfide) groups is 1. The van der Waals surface area contributed by atoms with Gasteiger partial charge in [0.05, 0.1) is 11.4 Å². The molecule has 23 heavy (non-hydrogen) atoms. The van der Waals surface area contributed by atoms with E-state index in [9.17, 15) is 8.42 Å². The molecule has 1 aromatic rings. The zero-order chi connectivity index (χ0) is 17.1. The minimum atomic E-state index is -3.56. The molecule has 9 heteroatoms. The van der Waals surface area contributed by atoms with Gasteiger partial charge in [-0.15, -0.1) is 0 Å². The van der Waals surface area contributed by atoms with Gasteiger partial charge in [-0.3, -0.25) is 4.99 Å². The van der Waals surface area contributed by atoms with Gasteiger partial charge in [-0.1, -0.05) is 17.7 Å². The molecule has 0 bridgehead atoms. The number of nitrogens with zero attached hydrogens (tertiary/aromatic N) is 1. The van der Waals surface area contributed by atoms with Crippen LogP contribution in [0.5, 0.6) is 0 Å². The minimum Gasteiger partial charge on any atom is -0.357 e. The lowest BCUT2D eigenvalue weighted by Gasteiger charge is -2.11. The molecule has 3 N–H and O–H groups in total. The van der Waals surface area contributed by atoms with Gasteiger partial charge in [-0.05, 0) is 31.4 Å². The second-order valence-electron chi connectivity index (χ2n) is 4.54. The molecule has 0 aromatic heterocycles. The van der Waals surface area contributed by atoms with Crippen molar-refractivity contribution in [3.8, 4) is 0 Å². The third kappa shape index (κ3) is 7.92. The summed E-state index contributed by atoms with van der Waals surface area (Å²) in [6, 6.07) is 6.16. The zero-order valence-electron chi connectivity index (χ0n) is 13.3. The molecule has 130 valence electrons. The standard InChI is InChI=1S/C14H23ClN4O2S2/c1-3-16-14(18-9-10-22-2)17-7-8-19-23(20,21)13-6-4-5-12(15)11-13/h4-6,11,19H,3,7-10H2,1-2H3,(H2,16,17,18). The Labute approximate surface area is 147 Å². The fourth-order valence-corrected chi connectivity index (χ4v) is 3.31. The average Bonchev–Trinajstić information content (AvgIpc) is 2.51. The Morgan fingerprint density at radius 3 is 2.74 bits per heavy atom. The lowest BCUT2D eigenvalue weighted by atomic mass is 10.4. The van der Waals surface area contributed by atoms with Crippen molar-refractivity contribution in [3.63, 3.8) is 0 Å². The first-order chi connectivity index (χ1) is 11.0. The number of halogens is 1.